The first kappa shape index (κ1) is 33.6. The molecule has 0 radical (unpaired) electrons. The Kier molecular flexibility index (Phi) is 11.1. The fourth-order valence-corrected chi connectivity index (χ4v) is 6.67. The molecule has 2 aliphatic carbocycles. The highest BCUT2D eigenvalue weighted by Gasteiger charge is 2.37. The maximum absolute atomic E-state index is 15.7. The summed E-state index contributed by atoms with van der Waals surface area (Å²) in [6.45, 7) is 6.90. The van der Waals surface area contributed by atoms with Gasteiger partial charge in [0, 0.05) is 51.1 Å². The van der Waals surface area contributed by atoms with Crippen LogP contribution in [0.15, 0.2) is 30.5 Å². The lowest BCUT2D eigenvalue weighted by atomic mass is 9.79. The number of carbonyl (C=O) groups excluding carboxylic acids is 4. The minimum absolute atomic E-state index is 0.0344. The van der Waals surface area contributed by atoms with Gasteiger partial charge in [-0.2, -0.15) is 5.10 Å². The van der Waals surface area contributed by atoms with E-state index in [1.807, 2.05) is 20.9 Å². The molecule has 2 heterocycles. The van der Waals surface area contributed by atoms with E-state index in [0.29, 0.717) is 43.4 Å². The normalized spacial score (nSPS) is 19.6. The molecular formula is C34H48FN7O4. The Hall–Kier alpha value is -3.80. The Balaban J connectivity index is 1.31. The molecule has 3 aliphatic rings. The summed E-state index contributed by atoms with van der Waals surface area (Å²) < 4.78 is 17.3. The average molecular weight is 638 g/mol. The Bertz CT molecular complexity index is 1400. The largest absolute Gasteiger partial charge is 0.344 e. The molecule has 0 spiro atoms. The van der Waals surface area contributed by atoms with Gasteiger partial charge in [0.15, 0.2) is 0 Å². The third-order valence-corrected chi connectivity index (χ3v) is 9.80. The zero-order chi connectivity index (χ0) is 32.8. The summed E-state index contributed by atoms with van der Waals surface area (Å²) in [5, 5.41) is 12.7. The van der Waals surface area contributed by atoms with Crippen LogP contribution in [-0.4, -0.2) is 82.5 Å². The molecule has 4 amide bonds. The van der Waals surface area contributed by atoms with Crippen LogP contribution in [0, 0.1) is 23.6 Å². The van der Waals surface area contributed by atoms with Crippen molar-refractivity contribution in [3.8, 4) is 0 Å². The number of rotatable bonds is 12. The molecule has 11 nitrogen and oxygen atoms in total. The van der Waals surface area contributed by atoms with Gasteiger partial charge >= 0.3 is 0 Å². The van der Waals surface area contributed by atoms with Gasteiger partial charge in [-0.1, -0.05) is 32.3 Å². The number of piperazine rings is 1. The molecule has 1 aromatic carbocycles. The van der Waals surface area contributed by atoms with E-state index in [1.165, 1.54) is 12.1 Å². The van der Waals surface area contributed by atoms with Gasteiger partial charge in [0.05, 0.1) is 11.9 Å². The van der Waals surface area contributed by atoms with E-state index in [4.69, 9.17) is 0 Å². The molecule has 1 saturated heterocycles. The lowest BCUT2D eigenvalue weighted by Crippen LogP contribution is -2.55. The van der Waals surface area contributed by atoms with Crippen molar-refractivity contribution in [2.45, 2.75) is 83.7 Å². The van der Waals surface area contributed by atoms with Crippen LogP contribution in [0.3, 0.4) is 0 Å². The van der Waals surface area contributed by atoms with Crippen molar-refractivity contribution in [1.29, 1.82) is 0 Å². The number of aryl methyl sites for hydroxylation is 1. The Morgan fingerprint density at radius 2 is 1.65 bits per heavy atom. The van der Waals surface area contributed by atoms with Crippen molar-refractivity contribution in [2.75, 3.05) is 43.9 Å². The molecule has 3 fully saturated rings. The van der Waals surface area contributed by atoms with Crippen LogP contribution in [0.4, 0.5) is 15.9 Å². The zero-order valence-electron chi connectivity index (χ0n) is 27.3. The molecule has 0 bridgehead atoms. The molecule has 5 rings (SSSR count). The van der Waals surface area contributed by atoms with Crippen molar-refractivity contribution in [3.05, 3.63) is 41.8 Å². The summed E-state index contributed by atoms with van der Waals surface area (Å²) in [4.78, 5) is 57.6. The number of amides is 4. The highest BCUT2D eigenvalue weighted by Crippen LogP contribution is 2.34. The fourth-order valence-electron chi connectivity index (χ4n) is 6.67. The smallest absolute Gasteiger partial charge is 0.245 e. The van der Waals surface area contributed by atoms with Crippen LogP contribution in [0.1, 0.15) is 76.7 Å². The van der Waals surface area contributed by atoms with E-state index in [2.05, 4.69) is 25.9 Å². The van der Waals surface area contributed by atoms with Gasteiger partial charge < -0.3 is 25.8 Å². The second kappa shape index (κ2) is 15.2. The van der Waals surface area contributed by atoms with Crippen LogP contribution in [0.2, 0.25) is 0 Å². The van der Waals surface area contributed by atoms with E-state index in [1.54, 1.807) is 27.9 Å². The van der Waals surface area contributed by atoms with E-state index < -0.39 is 35.5 Å². The van der Waals surface area contributed by atoms with E-state index in [-0.39, 0.29) is 23.4 Å². The molecular weight excluding hydrogens is 589 g/mol. The average Bonchev–Trinajstić information content (AvgIpc) is 3.75. The maximum Gasteiger partial charge on any atom is 0.245 e. The van der Waals surface area contributed by atoms with Gasteiger partial charge in [-0.3, -0.25) is 19.2 Å². The summed E-state index contributed by atoms with van der Waals surface area (Å²) in [7, 11) is 2.01. The number of nitrogens with one attached hydrogen (secondary N) is 3. The molecule has 2 aromatic rings. The quantitative estimate of drug-likeness (QED) is 0.302. The van der Waals surface area contributed by atoms with Crippen molar-refractivity contribution in [3.63, 3.8) is 0 Å². The molecule has 3 N–H and O–H groups in total. The standard InChI is InChI=1S/C34H48FN7O4/c1-4-42-28(14-15-36-42)38-33(45)30(24-8-6-5-7-9-24)32(44)37-27-13-12-25(21-26(27)35)22(2)31(39-29(43)20-23-10-11-23)34(46)41-18-16-40(3)17-19-41/h12-15,21-24,30-31H,4-11,16-20H2,1-3H3,(H,37,44)(H,38,45)(H,39,43)/t22-,30-,31+/m0/s1. The number of hydrogen-bond donors (Lipinski definition) is 3. The van der Waals surface area contributed by atoms with Gasteiger partial charge in [0.25, 0.3) is 0 Å². The molecule has 2 saturated carbocycles. The number of carbonyl (C=O) groups is 4. The highest BCUT2D eigenvalue weighted by molar-refractivity contribution is 6.11. The third-order valence-electron chi connectivity index (χ3n) is 9.80. The monoisotopic (exact) mass is 637 g/mol. The van der Waals surface area contributed by atoms with Crippen LogP contribution in [-0.2, 0) is 25.7 Å². The highest BCUT2D eigenvalue weighted by atomic mass is 19.1. The zero-order valence-corrected chi connectivity index (χ0v) is 27.3. The first-order valence-corrected chi connectivity index (χ1v) is 16.8. The van der Waals surface area contributed by atoms with Crippen molar-refractivity contribution >= 4 is 35.1 Å². The molecule has 12 heteroatoms. The lowest BCUT2D eigenvalue weighted by Gasteiger charge is -2.36. The second-order valence-electron chi connectivity index (χ2n) is 13.2. The molecule has 3 atom stereocenters. The first-order valence-electron chi connectivity index (χ1n) is 16.8. The van der Waals surface area contributed by atoms with Crippen LogP contribution >= 0.6 is 0 Å². The minimum atomic E-state index is -0.995. The summed E-state index contributed by atoms with van der Waals surface area (Å²) in [6, 6.07) is 5.31. The maximum atomic E-state index is 15.7. The number of likely N-dealkylation sites (N-methyl/N-ethyl adjacent to an activating group) is 1. The van der Waals surface area contributed by atoms with Gasteiger partial charge in [-0.25, -0.2) is 9.07 Å². The number of nitrogens with zero attached hydrogens (tertiary/aromatic N) is 4. The number of benzene rings is 1. The summed E-state index contributed by atoms with van der Waals surface area (Å²) in [5.74, 6) is -2.79. The SMILES string of the molecule is CCn1nccc1NC(=O)[C@H](C(=O)Nc1ccc([C@H](C)[C@@H](NC(=O)CC2CC2)C(=O)N2CCN(C)CC2)cc1F)C1CCCCC1. The first-order chi connectivity index (χ1) is 22.1. The molecule has 1 aromatic heterocycles. The van der Waals surface area contributed by atoms with Gasteiger partial charge in [0.1, 0.15) is 23.6 Å². The second-order valence-corrected chi connectivity index (χ2v) is 13.2. The van der Waals surface area contributed by atoms with E-state index >= 15 is 4.39 Å². The Morgan fingerprint density at radius 3 is 2.30 bits per heavy atom. The van der Waals surface area contributed by atoms with Gasteiger partial charge in [-0.05, 0) is 69.2 Å². The number of anilines is 2. The fraction of sp³-hybridized carbons (Fsp3) is 0.618. The van der Waals surface area contributed by atoms with E-state index in [0.717, 1.165) is 58.0 Å². The Morgan fingerprint density at radius 1 is 0.957 bits per heavy atom. The van der Waals surface area contributed by atoms with Crippen LogP contribution in [0.5, 0.6) is 0 Å². The number of halogens is 1. The summed E-state index contributed by atoms with van der Waals surface area (Å²) in [6.07, 6.45) is 8.42. The predicted molar refractivity (Wildman–Crippen MR) is 173 cm³/mol. The molecule has 250 valence electrons. The van der Waals surface area contributed by atoms with Crippen molar-refractivity contribution in [2.24, 2.45) is 17.8 Å². The number of aromatic nitrogens is 2. The molecule has 46 heavy (non-hydrogen) atoms. The van der Waals surface area contributed by atoms with Crippen LogP contribution < -0.4 is 16.0 Å². The minimum Gasteiger partial charge on any atom is -0.344 e. The van der Waals surface area contributed by atoms with Crippen molar-refractivity contribution in [1.82, 2.24) is 24.9 Å². The van der Waals surface area contributed by atoms with E-state index in [9.17, 15) is 19.2 Å². The molecule has 0 unspecified atom stereocenters. The summed E-state index contributed by atoms with van der Waals surface area (Å²) in [5.41, 5.74) is 0.497. The van der Waals surface area contributed by atoms with Gasteiger partial charge in [0.2, 0.25) is 23.6 Å². The third kappa shape index (κ3) is 8.31. The number of hydrogen-bond acceptors (Lipinski definition) is 6. The topological polar surface area (TPSA) is 129 Å². The predicted octanol–water partition coefficient (Wildman–Crippen LogP) is 3.98. The molecule has 1 aliphatic heterocycles. The van der Waals surface area contributed by atoms with Crippen LogP contribution in [0.25, 0.3) is 0 Å². The summed E-state index contributed by atoms with van der Waals surface area (Å²) >= 11 is 0. The van der Waals surface area contributed by atoms with Gasteiger partial charge in [-0.15, -0.1) is 0 Å². The van der Waals surface area contributed by atoms with Crippen molar-refractivity contribution < 1.29 is 23.6 Å². The Labute approximate surface area is 270 Å². The lowest BCUT2D eigenvalue weighted by molar-refractivity contribution is -0.138.